The molecule has 0 aliphatic carbocycles. The summed E-state index contributed by atoms with van der Waals surface area (Å²) in [7, 11) is 0. The van der Waals surface area contributed by atoms with Crippen LogP contribution < -0.4 is 10.9 Å². The van der Waals surface area contributed by atoms with E-state index in [4.69, 9.17) is 4.74 Å². The first-order valence-corrected chi connectivity index (χ1v) is 10.2. The van der Waals surface area contributed by atoms with Crippen molar-refractivity contribution in [2.24, 2.45) is 0 Å². The van der Waals surface area contributed by atoms with Crippen LogP contribution in [0.1, 0.15) is 40.5 Å². The van der Waals surface area contributed by atoms with Crippen LogP contribution in [0.25, 0.3) is 10.9 Å². The molecule has 2 atom stereocenters. The fourth-order valence-electron chi connectivity index (χ4n) is 3.07. The lowest BCUT2D eigenvalue weighted by Gasteiger charge is -2.23. The quantitative estimate of drug-likeness (QED) is 0.629. The van der Waals surface area contributed by atoms with E-state index < -0.39 is 0 Å². The van der Waals surface area contributed by atoms with Gasteiger partial charge < -0.3 is 10.1 Å². The Hall–Kier alpha value is -1.86. The molecule has 2 aromatic rings. The SMILES string of the molecule is CC(Sc1nc2ccccc2c(=O)n1CC1CCCO1)C(=O)NC(C)(C)C. The second-order valence-corrected chi connectivity index (χ2v) is 9.27. The molecule has 7 heteroatoms. The molecule has 146 valence electrons. The molecule has 2 heterocycles. The molecule has 2 unspecified atom stereocenters. The van der Waals surface area contributed by atoms with Crippen LogP contribution in [-0.2, 0) is 16.1 Å². The highest BCUT2D eigenvalue weighted by atomic mass is 32.2. The maximum atomic E-state index is 13.1. The van der Waals surface area contributed by atoms with E-state index in [0.717, 1.165) is 19.4 Å². The third-order valence-corrected chi connectivity index (χ3v) is 5.48. The first-order chi connectivity index (χ1) is 12.7. The van der Waals surface area contributed by atoms with Gasteiger partial charge in [-0.1, -0.05) is 23.9 Å². The first-order valence-electron chi connectivity index (χ1n) is 9.34. The zero-order chi connectivity index (χ0) is 19.6. The van der Waals surface area contributed by atoms with Crippen LogP contribution in [0.4, 0.5) is 0 Å². The van der Waals surface area contributed by atoms with E-state index in [9.17, 15) is 9.59 Å². The van der Waals surface area contributed by atoms with Crippen LogP contribution in [0.2, 0.25) is 0 Å². The Morgan fingerprint density at radius 3 is 2.81 bits per heavy atom. The van der Waals surface area contributed by atoms with E-state index in [2.05, 4.69) is 10.3 Å². The molecular formula is C20H27N3O3S. The lowest BCUT2D eigenvalue weighted by molar-refractivity contribution is -0.121. The lowest BCUT2D eigenvalue weighted by Crippen LogP contribution is -2.44. The standard InChI is InChI=1S/C20H27N3O3S/c1-13(17(24)22-20(2,3)4)27-19-21-16-10-6-5-9-15(16)18(25)23(19)12-14-8-7-11-26-14/h5-6,9-10,13-14H,7-8,11-12H2,1-4H3,(H,22,24). The zero-order valence-corrected chi connectivity index (χ0v) is 17.1. The summed E-state index contributed by atoms with van der Waals surface area (Å²) < 4.78 is 7.39. The molecule has 1 aromatic carbocycles. The number of thioether (sulfide) groups is 1. The van der Waals surface area contributed by atoms with Gasteiger partial charge in [0, 0.05) is 12.1 Å². The average Bonchev–Trinajstić information content (AvgIpc) is 3.10. The predicted octanol–water partition coefficient (Wildman–Crippen LogP) is 2.97. The van der Waals surface area contributed by atoms with Gasteiger partial charge >= 0.3 is 0 Å². The number of benzene rings is 1. The first kappa shape index (κ1) is 19.9. The Morgan fingerprint density at radius 2 is 2.15 bits per heavy atom. The summed E-state index contributed by atoms with van der Waals surface area (Å²) in [5.74, 6) is -0.0708. The maximum absolute atomic E-state index is 13.1. The minimum absolute atomic E-state index is 0.0173. The van der Waals surface area contributed by atoms with Crippen molar-refractivity contribution in [2.75, 3.05) is 6.61 Å². The molecule has 1 amide bonds. The van der Waals surface area contributed by atoms with Crippen LogP contribution in [0.15, 0.2) is 34.2 Å². The van der Waals surface area contributed by atoms with E-state index in [1.165, 1.54) is 11.8 Å². The highest BCUT2D eigenvalue weighted by Gasteiger charge is 2.24. The molecule has 3 rings (SSSR count). The van der Waals surface area contributed by atoms with Crippen LogP contribution in [0.5, 0.6) is 0 Å². The van der Waals surface area contributed by atoms with E-state index in [-0.39, 0.29) is 28.4 Å². The van der Waals surface area contributed by atoms with E-state index in [1.807, 2.05) is 45.9 Å². The number of carbonyl (C=O) groups excluding carboxylic acids is 1. The van der Waals surface area contributed by atoms with Gasteiger partial charge in [0.1, 0.15) is 0 Å². The Balaban J connectivity index is 1.94. The number of para-hydroxylation sites is 1. The fraction of sp³-hybridized carbons (Fsp3) is 0.550. The monoisotopic (exact) mass is 389 g/mol. The summed E-state index contributed by atoms with van der Waals surface area (Å²) in [6.07, 6.45) is 1.96. The van der Waals surface area contributed by atoms with Crippen LogP contribution in [0.3, 0.4) is 0 Å². The summed E-state index contributed by atoms with van der Waals surface area (Å²) in [4.78, 5) is 30.3. The highest BCUT2D eigenvalue weighted by Crippen LogP contribution is 2.25. The van der Waals surface area contributed by atoms with Gasteiger partial charge in [-0.25, -0.2) is 4.98 Å². The summed E-state index contributed by atoms with van der Waals surface area (Å²) in [6, 6.07) is 7.33. The average molecular weight is 390 g/mol. The Morgan fingerprint density at radius 1 is 1.41 bits per heavy atom. The number of amides is 1. The van der Waals surface area contributed by atoms with Crippen LogP contribution >= 0.6 is 11.8 Å². The number of rotatable bonds is 5. The van der Waals surface area contributed by atoms with Gasteiger partial charge in [-0.05, 0) is 52.7 Å². The van der Waals surface area contributed by atoms with Gasteiger partial charge in [-0.15, -0.1) is 0 Å². The number of hydrogen-bond acceptors (Lipinski definition) is 5. The third kappa shape index (κ3) is 4.90. The van der Waals surface area contributed by atoms with Crippen molar-refractivity contribution >= 4 is 28.6 Å². The van der Waals surface area contributed by atoms with Crippen molar-refractivity contribution in [3.63, 3.8) is 0 Å². The Kier molecular flexibility index (Phi) is 5.91. The highest BCUT2D eigenvalue weighted by molar-refractivity contribution is 8.00. The van der Waals surface area contributed by atoms with Crippen LogP contribution in [-0.4, -0.2) is 39.0 Å². The molecular weight excluding hydrogens is 362 g/mol. The topological polar surface area (TPSA) is 73.2 Å². The number of carbonyl (C=O) groups is 1. The number of aromatic nitrogens is 2. The van der Waals surface area contributed by atoms with Gasteiger partial charge in [0.2, 0.25) is 5.91 Å². The summed E-state index contributed by atoms with van der Waals surface area (Å²) in [5, 5.41) is 3.77. The number of fused-ring (bicyclic) bond motifs is 1. The molecule has 1 aliphatic rings. The lowest BCUT2D eigenvalue weighted by atomic mass is 10.1. The molecule has 1 N–H and O–H groups in total. The van der Waals surface area contributed by atoms with Crippen molar-refractivity contribution in [2.45, 2.75) is 69.1 Å². The summed E-state index contributed by atoms with van der Waals surface area (Å²) in [5.41, 5.74) is 0.263. The molecule has 27 heavy (non-hydrogen) atoms. The van der Waals surface area contributed by atoms with Crippen molar-refractivity contribution in [3.8, 4) is 0 Å². The Bertz CT molecular complexity index is 882. The minimum Gasteiger partial charge on any atom is -0.376 e. The smallest absolute Gasteiger partial charge is 0.262 e. The summed E-state index contributed by atoms with van der Waals surface area (Å²) >= 11 is 1.32. The van der Waals surface area contributed by atoms with Gasteiger partial charge in [0.25, 0.3) is 5.56 Å². The molecule has 0 saturated carbocycles. The molecule has 0 spiro atoms. The van der Waals surface area contributed by atoms with Gasteiger partial charge in [0.15, 0.2) is 5.16 Å². The second-order valence-electron chi connectivity index (χ2n) is 7.96. The maximum Gasteiger partial charge on any atom is 0.262 e. The largest absolute Gasteiger partial charge is 0.376 e. The molecule has 0 bridgehead atoms. The van der Waals surface area contributed by atoms with E-state index >= 15 is 0 Å². The minimum atomic E-state index is -0.368. The molecule has 6 nitrogen and oxygen atoms in total. The van der Waals surface area contributed by atoms with Crippen LogP contribution in [0, 0.1) is 0 Å². The molecule has 1 aromatic heterocycles. The van der Waals surface area contributed by atoms with Gasteiger partial charge in [-0.2, -0.15) is 0 Å². The predicted molar refractivity (Wildman–Crippen MR) is 108 cm³/mol. The molecule has 0 radical (unpaired) electrons. The zero-order valence-electron chi connectivity index (χ0n) is 16.3. The molecule has 1 aliphatic heterocycles. The summed E-state index contributed by atoms with van der Waals surface area (Å²) in [6.45, 7) is 8.88. The van der Waals surface area contributed by atoms with Crippen molar-refractivity contribution in [3.05, 3.63) is 34.6 Å². The fourth-order valence-corrected chi connectivity index (χ4v) is 3.99. The Labute approximate surface area is 163 Å². The van der Waals surface area contributed by atoms with Gasteiger partial charge in [-0.3, -0.25) is 14.2 Å². The van der Waals surface area contributed by atoms with Gasteiger partial charge in [0.05, 0.1) is 28.8 Å². The van der Waals surface area contributed by atoms with E-state index in [1.54, 1.807) is 10.6 Å². The third-order valence-electron chi connectivity index (χ3n) is 4.39. The van der Waals surface area contributed by atoms with Crippen molar-refractivity contribution in [1.29, 1.82) is 0 Å². The number of ether oxygens (including phenoxy) is 1. The van der Waals surface area contributed by atoms with Crippen molar-refractivity contribution < 1.29 is 9.53 Å². The number of nitrogens with one attached hydrogen (secondary N) is 1. The second kappa shape index (κ2) is 8.02. The molecule has 1 saturated heterocycles. The normalized spacial score (nSPS) is 18.6. The molecule has 1 fully saturated rings. The number of nitrogens with zero attached hydrogens (tertiary/aromatic N) is 2. The van der Waals surface area contributed by atoms with Crippen molar-refractivity contribution in [1.82, 2.24) is 14.9 Å². The van der Waals surface area contributed by atoms with E-state index in [0.29, 0.717) is 22.6 Å². The number of hydrogen-bond donors (Lipinski definition) is 1.